The first-order chi connectivity index (χ1) is 9.82. The molecule has 135 valence electrons. The Labute approximate surface area is 169 Å². The second-order valence-corrected chi connectivity index (χ2v) is 7.65. The van der Waals surface area contributed by atoms with Crippen LogP contribution in [0.25, 0.3) is 0 Å². The summed E-state index contributed by atoms with van der Waals surface area (Å²) in [6.45, 7) is 18.9. The van der Waals surface area contributed by atoms with Crippen molar-refractivity contribution < 1.29 is 20.4 Å². The van der Waals surface area contributed by atoms with Crippen LogP contribution >= 0.6 is 24.8 Å². The maximum atomic E-state index is 2.74. The molecule has 0 aromatic heterocycles. The van der Waals surface area contributed by atoms with Crippen molar-refractivity contribution in [2.75, 3.05) is 13.1 Å². The van der Waals surface area contributed by atoms with E-state index in [1.54, 1.807) is 9.45 Å². The van der Waals surface area contributed by atoms with Crippen LogP contribution in [0.15, 0.2) is 20.6 Å². The van der Waals surface area contributed by atoms with Gasteiger partial charge in [0.1, 0.15) is 0 Å². The van der Waals surface area contributed by atoms with Crippen LogP contribution in [0, 0.1) is 5.41 Å². The summed E-state index contributed by atoms with van der Waals surface area (Å²) in [6.07, 6.45) is 5.20. The van der Waals surface area contributed by atoms with Crippen molar-refractivity contribution in [2.45, 2.75) is 80.2 Å². The molecule has 0 saturated carbocycles. The Morgan fingerprint density at radius 1 is 0.957 bits per heavy atom. The molecule has 23 heavy (non-hydrogen) atoms. The fourth-order valence-electron chi connectivity index (χ4n) is 3.54. The molecule has 1 nitrogen and oxygen atoms in total. The number of rotatable bonds is 8. The van der Waals surface area contributed by atoms with Crippen LogP contribution in [0.2, 0.25) is 0 Å². The van der Waals surface area contributed by atoms with Gasteiger partial charge in [-0.25, -0.2) is 0 Å². The topological polar surface area (TPSA) is 3.24 Å². The van der Waals surface area contributed by atoms with Crippen LogP contribution in [0.3, 0.4) is 0 Å². The van der Waals surface area contributed by atoms with Gasteiger partial charge in [-0.15, -0.1) is 24.8 Å². The minimum Gasteiger partial charge on any atom is -0.147 e. The summed E-state index contributed by atoms with van der Waals surface area (Å²) in [5.74, 6) is 0. The number of nitrogens with zero attached hydrogens (tertiary/aromatic N) is 1. The van der Waals surface area contributed by atoms with Gasteiger partial charge in [-0.05, 0) is 0 Å². The molecule has 0 N–H and O–H groups in total. The van der Waals surface area contributed by atoms with Gasteiger partial charge in [-0.3, -0.25) is 0 Å². The van der Waals surface area contributed by atoms with Crippen molar-refractivity contribution in [1.82, 2.24) is 4.90 Å². The second kappa shape index (κ2) is 11.4. The molecule has 0 spiro atoms. The summed E-state index contributed by atoms with van der Waals surface area (Å²) >= 11 is 2.35. The summed E-state index contributed by atoms with van der Waals surface area (Å²) < 4.78 is 1.59. The molecule has 1 aliphatic rings. The van der Waals surface area contributed by atoms with Crippen molar-refractivity contribution in [3.8, 4) is 0 Å². The van der Waals surface area contributed by atoms with Crippen LogP contribution in [-0.2, 0) is 20.4 Å². The van der Waals surface area contributed by atoms with Gasteiger partial charge in [0, 0.05) is 0 Å². The van der Waals surface area contributed by atoms with E-state index in [4.69, 9.17) is 0 Å². The SMILES string of the molecule is CCCCN(CCCC)C(C)C1(C)C(C)=C(C)C(C)=[C]1[Ti].Cl.Cl. The van der Waals surface area contributed by atoms with Gasteiger partial charge in [0.05, 0.1) is 0 Å². The average Bonchev–Trinajstić information content (AvgIpc) is 2.63. The molecule has 0 heterocycles. The molecule has 0 saturated heterocycles. The van der Waals surface area contributed by atoms with Crippen molar-refractivity contribution in [2.24, 2.45) is 5.41 Å². The maximum absolute atomic E-state index is 2.74. The molecular formula is C19H36Cl2NTi. The molecule has 1 rings (SSSR count). The molecule has 2 unspecified atom stereocenters. The maximum Gasteiger partial charge on any atom is -0.147 e. The fourth-order valence-corrected chi connectivity index (χ4v) is 4.46. The number of halogens is 2. The minimum atomic E-state index is 0. The number of hydrogen-bond donors (Lipinski definition) is 0. The van der Waals surface area contributed by atoms with E-state index in [2.05, 4.69) is 73.8 Å². The van der Waals surface area contributed by atoms with E-state index in [-0.39, 0.29) is 30.2 Å². The largest absolute Gasteiger partial charge is 0.147 e. The van der Waals surface area contributed by atoms with Gasteiger partial charge in [-0.1, -0.05) is 0 Å². The zero-order chi connectivity index (χ0) is 16.2. The standard InChI is InChI=1S/C19H34N.2ClH.Ti/c1-8-10-12-20(13-11-9-2)18(6)19(7)14-15(3)16(4)17(19)5;;;/h18H,8-13H2,1-7H3;2*1H;. The van der Waals surface area contributed by atoms with Gasteiger partial charge in [0.2, 0.25) is 0 Å². The number of unbranched alkanes of at least 4 members (excludes halogenated alkanes) is 2. The Hall–Kier alpha value is 0.734. The Morgan fingerprint density at radius 3 is 1.70 bits per heavy atom. The smallest absolute Gasteiger partial charge is 0.147 e. The molecule has 0 radical (unpaired) electrons. The molecule has 0 aromatic rings. The van der Waals surface area contributed by atoms with Crippen LogP contribution in [-0.4, -0.2) is 24.0 Å². The fraction of sp³-hybridized carbons (Fsp3) is 0.789. The van der Waals surface area contributed by atoms with E-state index in [9.17, 15) is 0 Å². The Balaban J connectivity index is 0. The van der Waals surface area contributed by atoms with Gasteiger partial charge >= 0.3 is 145 Å². The van der Waals surface area contributed by atoms with Gasteiger partial charge < -0.3 is 0 Å². The van der Waals surface area contributed by atoms with Crippen molar-refractivity contribution in [1.29, 1.82) is 0 Å². The van der Waals surface area contributed by atoms with Gasteiger partial charge in [-0.2, -0.15) is 0 Å². The normalized spacial score (nSPS) is 22.2. The predicted octanol–water partition coefficient (Wildman–Crippen LogP) is 6.30. The number of allylic oxidation sites excluding steroid dienone is 2. The van der Waals surface area contributed by atoms with Crippen LogP contribution in [0.4, 0.5) is 0 Å². The van der Waals surface area contributed by atoms with Gasteiger partial charge in [0.15, 0.2) is 0 Å². The van der Waals surface area contributed by atoms with Crippen LogP contribution in [0.5, 0.6) is 0 Å². The third-order valence-electron chi connectivity index (χ3n) is 5.78. The van der Waals surface area contributed by atoms with E-state index in [1.807, 2.05) is 0 Å². The van der Waals surface area contributed by atoms with E-state index in [1.165, 1.54) is 49.9 Å². The molecule has 0 fully saturated rings. The van der Waals surface area contributed by atoms with Crippen molar-refractivity contribution in [3.63, 3.8) is 0 Å². The predicted molar refractivity (Wildman–Crippen MR) is 105 cm³/mol. The van der Waals surface area contributed by atoms with Crippen LogP contribution in [0.1, 0.15) is 74.1 Å². The quantitative estimate of drug-likeness (QED) is 0.435. The Morgan fingerprint density at radius 2 is 1.39 bits per heavy atom. The van der Waals surface area contributed by atoms with E-state index >= 15 is 0 Å². The van der Waals surface area contributed by atoms with Gasteiger partial charge in [0.25, 0.3) is 0 Å². The molecule has 0 bridgehead atoms. The van der Waals surface area contributed by atoms with Crippen molar-refractivity contribution in [3.05, 3.63) is 20.6 Å². The van der Waals surface area contributed by atoms with Crippen LogP contribution < -0.4 is 0 Å². The molecular weight excluding hydrogens is 361 g/mol. The molecule has 1 aliphatic carbocycles. The average molecular weight is 397 g/mol. The summed E-state index contributed by atoms with van der Waals surface area (Å²) in [4.78, 5) is 2.74. The zero-order valence-corrected chi connectivity index (χ0v) is 19.3. The summed E-state index contributed by atoms with van der Waals surface area (Å²) in [5, 5.41) is 0. The first-order valence-electron chi connectivity index (χ1n) is 8.67. The Kier molecular flexibility index (Phi) is 12.8. The first kappa shape index (κ1) is 26.0. The summed E-state index contributed by atoms with van der Waals surface area (Å²) in [5.41, 5.74) is 4.85. The second-order valence-electron chi connectivity index (χ2n) is 6.87. The third kappa shape index (κ3) is 5.35. The Bertz CT molecular complexity index is 397. The third-order valence-corrected chi connectivity index (χ3v) is 7.18. The van der Waals surface area contributed by atoms with E-state index in [0.717, 1.165) is 0 Å². The molecule has 4 heteroatoms. The van der Waals surface area contributed by atoms with E-state index in [0.29, 0.717) is 6.04 Å². The molecule has 2 atom stereocenters. The molecule has 0 amide bonds. The zero-order valence-electron chi connectivity index (χ0n) is 16.1. The summed E-state index contributed by atoms with van der Waals surface area (Å²) in [7, 11) is 0. The van der Waals surface area contributed by atoms with Crippen molar-refractivity contribution >= 4 is 24.8 Å². The summed E-state index contributed by atoms with van der Waals surface area (Å²) in [6, 6.07) is 0.586. The molecule has 0 aromatic carbocycles. The first-order valence-corrected chi connectivity index (χ1v) is 9.45. The minimum absolute atomic E-state index is 0. The number of hydrogen-bond acceptors (Lipinski definition) is 1. The van der Waals surface area contributed by atoms with E-state index < -0.39 is 0 Å². The molecule has 0 aliphatic heterocycles. The monoisotopic (exact) mass is 396 g/mol.